The minimum Gasteiger partial charge on any atom is -0.299 e. The topological polar surface area (TPSA) is 17.8 Å². The maximum absolute atomic E-state index is 4.65. The lowest BCUT2D eigenvalue weighted by Gasteiger charge is -2.22. The molecule has 0 spiro atoms. The summed E-state index contributed by atoms with van der Waals surface area (Å²) in [6.45, 7) is 9.08. The molecule has 0 aliphatic rings. The first-order chi connectivity index (χ1) is 11.6. The lowest BCUT2D eigenvalue weighted by atomic mass is 9.90. The first-order valence-corrected chi connectivity index (χ1v) is 8.85. The molecule has 3 aromatic rings. The quantitative estimate of drug-likeness (QED) is 0.549. The average Bonchev–Trinajstić information content (AvgIpc) is 3.10. The van der Waals surface area contributed by atoms with Crippen LogP contribution >= 0.6 is 0 Å². The molecule has 0 amide bonds. The Hall–Kier alpha value is -2.35. The molecule has 1 aromatic heterocycles. The molecule has 124 valence electrons. The molecule has 0 radical (unpaired) electrons. The van der Waals surface area contributed by atoms with E-state index in [0.717, 1.165) is 17.8 Å². The van der Waals surface area contributed by atoms with Gasteiger partial charge in [-0.2, -0.15) is 0 Å². The third kappa shape index (κ3) is 3.01. The van der Waals surface area contributed by atoms with Gasteiger partial charge >= 0.3 is 0 Å². The van der Waals surface area contributed by atoms with E-state index in [1.165, 1.54) is 16.8 Å². The number of imidazole rings is 1. The third-order valence-corrected chi connectivity index (χ3v) is 4.78. The Morgan fingerprint density at radius 3 is 2.29 bits per heavy atom. The van der Waals surface area contributed by atoms with Gasteiger partial charge in [0.15, 0.2) is 0 Å². The van der Waals surface area contributed by atoms with Crippen molar-refractivity contribution in [3.63, 3.8) is 0 Å². The van der Waals surface area contributed by atoms with Crippen LogP contribution in [-0.4, -0.2) is 9.55 Å². The fourth-order valence-electron chi connectivity index (χ4n) is 3.23. The van der Waals surface area contributed by atoms with Crippen LogP contribution in [0, 0.1) is 0 Å². The van der Waals surface area contributed by atoms with Crippen molar-refractivity contribution in [2.45, 2.75) is 46.0 Å². The van der Waals surface area contributed by atoms with Crippen LogP contribution in [0.1, 0.15) is 57.1 Å². The van der Waals surface area contributed by atoms with E-state index in [0.29, 0.717) is 11.8 Å². The molecule has 0 saturated carbocycles. The molecule has 3 rings (SSSR count). The van der Waals surface area contributed by atoms with E-state index in [1.54, 1.807) is 0 Å². The summed E-state index contributed by atoms with van der Waals surface area (Å²) in [6.07, 6.45) is 5.12. The van der Waals surface area contributed by atoms with Crippen LogP contribution in [-0.2, 0) is 0 Å². The Bertz CT molecular complexity index is 800. The van der Waals surface area contributed by atoms with Gasteiger partial charge in [-0.15, -0.1) is 0 Å². The Balaban J connectivity index is 2.25. The Labute approximate surface area is 145 Å². The summed E-state index contributed by atoms with van der Waals surface area (Å²) >= 11 is 0. The van der Waals surface area contributed by atoms with Crippen molar-refractivity contribution in [1.82, 2.24) is 9.55 Å². The van der Waals surface area contributed by atoms with E-state index in [9.17, 15) is 0 Å². The number of para-hydroxylation sites is 1. The third-order valence-electron chi connectivity index (χ3n) is 4.78. The summed E-state index contributed by atoms with van der Waals surface area (Å²) in [6, 6.07) is 17.1. The van der Waals surface area contributed by atoms with Crippen LogP contribution in [0.25, 0.3) is 17.1 Å². The summed E-state index contributed by atoms with van der Waals surface area (Å²) in [5.41, 5.74) is 5.23. The maximum Gasteiger partial charge on any atom is 0.144 e. The molecule has 1 heterocycles. The van der Waals surface area contributed by atoms with Gasteiger partial charge in [-0.1, -0.05) is 76.2 Å². The van der Waals surface area contributed by atoms with E-state index >= 15 is 0 Å². The second kappa shape index (κ2) is 7.04. The molecule has 1 atom stereocenters. The summed E-state index contributed by atoms with van der Waals surface area (Å²) in [5.74, 6) is 1.99. The maximum atomic E-state index is 4.65. The number of aromatic nitrogens is 2. The molecule has 0 aliphatic carbocycles. The van der Waals surface area contributed by atoms with Crippen molar-refractivity contribution in [2.75, 3.05) is 0 Å². The number of nitrogens with zero attached hydrogens (tertiary/aromatic N) is 2. The largest absolute Gasteiger partial charge is 0.299 e. The highest BCUT2D eigenvalue weighted by Crippen LogP contribution is 2.34. The van der Waals surface area contributed by atoms with Crippen LogP contribution in [0.2, 0.25) is 0 Å². The van der Waals surface area contributed by atoms with E-state index < -0.39 is 0 Å². The molecular weight excluding hydrogens is 292 g/mol. The lowest BCUT2D eigenvalue weighted by molar-refractivity contribution is 0.719. The standard InChI is InChI=1S/C22H26N2/c1-5-17(4)20-13-9-12-19(16(2)3)21(20)24-15-14-23-22(24)18-10-7-6-8-11-18/h6-17H,5H2,1-4H3. The van der Waals surface area contributed by atoms with Gasteiger partial charge in [-0.25, -0.2) is 4.98 Å². The van der Waals surface area contributed by atoms with Crippen molar-refractivity contribution < 1.29 is 0 Å². The van der Waals surface area contributed by atoms with E-state index in [2.05, 4.69) is 85.9 Å². The van der Waals surface area contributed by atoms with Gasteiger partial charge in [-0.05, 0) is 29.4 Å². The Morgan fingerprint density at radius 1 is 0.917 bits per heavy atom. The zero-order chi connectivity index (χ0) is 17.1. The van der Waals surface area contributed by atoms with Crippen molar-refractivity contribution in [2.24, 2.45) is 0 Å². The summed E-state index contributed by atoms with van der Waals surface area (Å²) in [7, 11) is 0. The summed E-state index contributed by atoms with van der Waals surface area (Å²) in [5, 5.41) is 0. The number of benzene rings is 2. The zero-order valence-corrected chi connectivity index (χ0v) is 15.0. The smallest absolute Gasteiger partial charge is 0.144 e. The van der Waals surface area contributed by atoms with Crippen LogP contribution in [0.3, 0.4) is 0 Å². The van der Waals surface area contributed by atoms with Gasteiger partial charge in [0, 0.05) is 18.0 Å². The molecule has 0 aliphatic heterocycles. The van der Waals surface area contributed by atoms with Crippen LogP contribution in [0.15, 0.2) is 60.9 Å². The van der Waals surface area contributed by atoms with Gasteiger partial charge in [-0.3, -0.25) is 4.57 Å². The Kier molecular flexibility index (Phi) is 4.84. The number of rotatable bonds is 5. The monoisotopic (exact) mass is 318 g/mol. The first-order valence-electron chi connectivity index (χ1n) is 8.85. The van der Waals surface area contributed by atoms with Crippen LogP contribution in [0.4, 0.5) is 0 Å². The van der Waals surface area contributed by atoms with Crippen molar-refractivity contribution in [1.29, 1.82) is 0 Å². The van der Waals surface area contributed by atoms with Crippen molar-refractivity contribution in [3.05, 3.63) is 72.1 Å². The molecule has 0 saturated heterocycles. The fraction of sp³-hybridized carbons (Fsp3) is 0.318. The average molecular weight is 318 g/mol. The van der Waals surface area contributed by atoms with Gasteiger partial charge in [0.05, 0.1) is 5.69 Å². The second-order valence-corrected chi connectivity index (χ2v) is 6.74. The van der Waals surface area contributed by atoms with Gasteiger partial charge in [0.1, 0.15) is 5.82 Å². The van der Waals surface area contributed by atoms with E-state index in [-0.39, 0.29) is 0 Å². The minimum absolute atomic E-state index is 0.468. The normalized spacial score (nSPS) is 12.5. The highest BCUT2D eigenvalue weighted by Gasteiger charge is 2.19. The van der Waals surface area contributed by atoms with Gasteiger partial charge in [0.25, 0.3) is 0 Å². The lowest BCUT2D eigenvalue weighted by Crippen LogP contribution is -2.08. The molecule has 24 heavy (non-hydrogen) atoms. The molecule has 2 aromatic carbocycles. The molecule has 0 bridgehead atoms. The molecule has 1 unspecified atom stereocenters. The number of hydrogen-bond donors (Lipinski definition) is 0. The second-order valence-electron chi connectivity index (χ2n) is 6.74. The highest BCUT2D eigenvalue weighted by atomic mass is 15.1. The fourth-order valence-corrected chi connectivity index (χ4v) is 3.23. The SMILES string of the molecule is CCC(C)c1cccc(C(C)C)c1-n1ccnc1-c1ccccc1. The first kappa shape index (κ1) is 16.5. The van der Waals surface area contributed by atoms with E-state index in [1.807, 2.05) is 12.3 Å². The Morgan fingerprint density at radius 2 is 1.62 bits per heavy atom. The predicted octanol–water partition coefficient (Wildman–Crippen LogP) is 6.18. The van der Waals surface area contributed by atoms with Gasteiger partial charge in [0.2, 0.25) is 0 Å². The molecule has 0 fully saturated rings. The van der Waals surface area contributed by atoms with Crippen molar-refractivity contribution in [3.8, 4) is 17.1 Å². The van der Waals surface area contributed by atoms with Crippen LogP contribution < -0.4 is 0 Å². The molecule has 2 nitrogen and oxygen atoms in total. The minimum atomic E-state index is 0.468. The molecular formula is C22H26N2. The number of hydrogen-bond acceptors (Lipinski definition) is 1. The predicted molar refractivity (Wildman–Crippen MR) is 102 cm³/mol. The molecule has 2 heteroatoms. The van der Waals surface area contributed by atoms with Crippen molar-refractivity contribution >= 4 is 0 Å². The highest BCUT2D eigenvalue weighted by molar-refractivity contribution is 5.62. The summed E-state index contributed by atoms with van der Waals surface area (Å²) < 4.78 is 2.27. The van der Waals surface area contributed by atoms with E-state index in [4.69, 9.17) is 0 Å². The summed E-state index contributed by atoms with van der Waals surface area (Å²) in [4.78, 5) is 4.65. The molecule has 0 N–H and O–H groups in total. The zero-order valence-electron chi connectivity index (χ0n) is 15.0. The van der Waals surface area contributed by atoms with Gasteiger partial charge < -0.3 is 0 Å². The van der Waals surface area contributed by atoms with Crippen LogP contribution in [0.5, 0.6) is 0 Å².